The molecule has 0 radical (unpaired) electrons. The molecule has 1 aromatic carbocycles. The van der Waals surface area contributed by atoms with E-state index in [2.05, 4.69) is 40.7 Å². The number of nitrogens with one attached hydrogen (secondary N) is 2. The van der Waals surface area contributed by atoms with Crippen LogP contribution in [0.5, 0.6) is 0 Å². The summed E-state index contributed by atoms with van der Waals surface area (Å²) in [5.74, 6) is 0.219. The van der Waals surface area contributed by atoms with Gasteiger partial charge in [-0.05, 0) is 48.7 Å². The number of sulfone groups is 1. The van der Waals surface area contributed by atoms with Crippen molar-refractivity contribution in [2.24, 2.45) is 4.99 Å². The van der Waals surface area contributed by atoms with Crippen molar-refractivity contribution in [3.05, 3.63) is 46.8 Å². The van der Waals surface area contributed by atoms with Crippen molar-refractivity contribution in [3.8, 4) is 0 Å². The lowest BCUT2D eigenvalue weighted by molar-refractivity contribution is 0.200. The van der Waals surface area contributed by atoms with Crippen molar-refractivity contribution in [1.29, 1.82) is 0 Å². The van der Waals surface area contributed by atoms with E-state index in [1.165, 1.54) is 10.5 Å². The van der Waals surface area contributed by atoms with Crippen molar-refractivity contribution in [1.82, 2.24) is 10.6 Å². The fraction of sp³-hybridized carbons (Fsp3) is 0.421. The van der Waals surface area contributed by atoms with E-state index in [0.717, 1.165) is 16.9 Å². The van der Waals surface area contributed by atoms with E-state index in [1.54, 1.807) is 29.3 Å². The highest BCUT2D eigenvalue weighted by Gasteiger charge is 2.20. The quantitative estimate of drug-likeness (QED) is 0.186. The summed E-state index contributed by atoms with van der Waals surface area (Å²) in [5.41, 5.74) is 2.33. The molecule has 0 saturated carbocycles. The normalized spacial score (nSPS) is 12.9. The first-order chi connectivity index (χ1) is 13.4. The van der Waals surface area contributed by atoms with Gasteiger partial charge < -0.3 is 15.7 Å². The van der Waals surface area contributed by atoms with E-state index < -0.39 is 15.9 Å². The molecule has 1 atom stereocenters. The number of aliphatic hydroxyl groups is 1. The molecule has 0 amide bonds. The van der Waals surface area contributed by atoms with Gasteiger partial charge in [-0.25, -0.2) is 13.4 Å². The number of hydrogen-bond acceptors (Lipinski definition) is 6. The topological polar surface area (TPSA) is 90.8 Å². The van der Waals surface area contributed by atoms with Gasteiger partial charge in [0, 0.05) is 18.0 Å². The third kappa shape index (κ3) is 8.44. The smallest absolute Gasteiger partial charge is 0.191 e. The molecule has 6 nitrogen and oxygen atoms in total. The molecule has 3 N–H and O–H groups in total. The van der Waals surface area contributed by atoms with Crippen molar-refractivity contribution in [3.63, 3.8) is 0 Å². The van der Waals surface area contributed by atoms with Crippen LogP contribution in [-0.4, -0.2) is 50.7 Å². The highest BCUT2D eigenvalue weighted by Crippen LogP contribution is 2.22. The predicted molar refractivity (Wildman–Crippen MR) is 134 cm³/mol. The SMILES string of the molecule is CCNC(=NCc1ccc(C)cc1SC)NCC(O)CS(=O)(=O)c1cccs1.I. The van der Waals surface area contributed by atoms with Crippen LogP contribution in [0.25, 0.3) is 0 Å². The second-order valence-electron chi connectivity index (χ2n) is 6.26. The van der Waals surface area contributed by atoms with Crippen LogP contribution >= 0.6 is 47.1 Å². The van der Waals surface area contributed by atoms with Crippen molar-refractivity contribution in [2.45, 2.75) is 35.6 Å². The Balaban J connectivity index is 0.00000420. The van der Waals surface area contributed by atoms with E-state index in [1.807, 2.05) is 13.2 Å². The molecule has 2 aromatic rings. The zero-order chi connectivity index (χ0) is 20.6. The van der Waals surface area contributed by atoms with Crippen LogP contribution in [0.4, 0.5) is 0 Å². The number of guanidine groups is 1. The lowest BCUT2D eigenvalue weighted by atomic mass is 10.1. The molecule has 0 bridgehead atoms. The van der Waals surface area contributed by atoms with Gasteiger partial charge in [-0.1, -0.05) is 18.2 Å². The molecule has 162 valence electrons. The Kier molecular flexibility index (Phi) is 11.6. The number of thioether (sulfide) groups is 1. The zero-order valence-corrected chi connectivity index (χ0v) is 21.5. The molecule has 0 aliphatic heterocycles. The highest BCUT2D eigenvalue weighted by molar-refractivity contribution is 14.0. The summed E-state index contributed by atoms with van der Waals surface area (Å²) >= 11 is 2.84. The monoisotopic (exact) mass is 569 g/mol. The summed E-state index contributed by atoms with van der Waals surface area (Å²) in [5, 5.41) is 18.0. The molecule has 0 aliphatic carbocycles. The first-order valence-corrected chi connectivity index (χ1v) is 12.7. The molecule has 0 fully saturated rings. The maximum atomic E-state index is 12.3. The fourth-order valence-corrected chi connectivity index (χ4v) is 5.72. The Morgan fingerprint density at radius 3 is 2.69 bits per heavy atom. The van der Waals surface area contributed by atoms with Crippen LogP contribution in [0.1, 0.15) is 18.1 Å². The number of nitrogens with zero attached hydrogens (tertiary/aromatic N) is 1. The minimum atomic E-state index is -3.48. The molecule has 1 heterocycles. The number of benzene rings is 1. The van der Waals surface area contributed by atoms with E-state index in [-0.39, 0.29) is 40.5 Å². The van der Waals surface area contributed by atoms with Gasteiger partial charge in [-0.15, -0.1) is 47.1 Å². The van der Waals surface area contributed by atoms with E-state index >= 15 is 0 Å². The second-order valence-corrected chi connectivity index (χ2v) is 10.3. The van der Waals surface area contributed by atoms with Crippen LogP contribution in [-0.2, 0) is 16.4 Å². The lowest BCUT2D eigenvalue weighted by Gasteiger charge is -2.15. The molecule has 0 saturated heterocycles. The maximum absolute atomic E-state index is 12.3. The summed E-state index contributed by atoms with van der Waals surface area (Å²) in [7, 11) is -3.48. The Hall–Kier alpha value is -0.820. The summed E-state index contributed by atoms with van der Waals surface area (Å²) < 4.78 is 24.8. The minimum absolute atomic E-state index is 0. The Labute approximate surface area is 198 Å². The molecule has 1 aromatic heterocycles. The number of rotatable bonds is 9. The van der Waals surface area contributed by atoms with Gasteiger partial charge in [-0.3, -0.25) is 0 Å². The largest absolute Gasteiger partial charge is 0.390 e. The number of aliphatic hydroxyl groups excluding tert-OH is 1. The standard InChI is InChI=1S/C19H27N3O3S3.HI/c1-4-20-19(21-11-15-8-7-14(2)10-17(15)26-3)22-12-16(23)13-28(24,25)18-6-5-9-27-18;/h5-10,16,23H,4,11-13H2,1-3H3,(H2,20,21,22);1H. The van der Waals surface area contributed by atoms with E-state index in [9.17, 15) is 13.5 Å². The van der Waals surface area contributed by atoms with Gasteiger partial charge in [0.1, 0.15) is 4.21 Å². The van der Waals surface area contributed by atoms with Crippen molar-refractivity contribution in [2.75, 3.05) is 25.1 Å². The number of thiophene rings is 1. The van der Waals surface area contributed by atoms with Gasteiger partial charge in [0.05, 0.1) is 18.4 Å². The summed E-state index contributed by atoms with van der Waals surface area (Å²) in [6, 6.07) is 9.50. The first kappa shape index (κ1) is 26.2. The number of halogens is 1. The van der Waals surface area contributed by atoms with Crippen LogP contribution in [0.2, 0.25) is 0 Å². The third-order valence-electron chi connectivity index (χ3n) is 3.91. The van der Waals surface area contributed by atoms with Gasteiger partial charge in [0.2, 0.25) is 0 Å². The number of aliphatic imine (C=N–C) groups is 1. The second kappa shape index (κ2) is 12.8. The first-order valence-electron chi connectivity index (χ1n) is 8.95. The average Bonchev–Trinajstić information content (AvgIpc) is 3.20. The van der Waals surface area contributed by atoms with E-state index in [0.29, 0.717) is 19.0 Å². The zero-order valence-electron chi connectivity index (χ0n) is 16.7. The summed E-state index contributed by atoms with van der Waals surface area (Å²) in [6.45, 7) is 5.27. The van der Waals surface area contributed by atoms with Gasteiger partial charge >= 0.3 is 0 Å². The van der Waals surface area contributed by atoms with Crippen LogP contribution in [0.15, 0.2) is 49.8 Å². The number of hydrogen-bond donors (Lipinski definition) is 3. The van der Waals surface area contributed by atoms with Gasteiger partial charge in [0.15, 0.2) is 15.8 Å². The van der Waals surface area contributed by atoms with Gasteiger partial charge in [-0.2, -0.15) is 0 Å². The predicted octanol–water partition coefficient (Wildman–Crippen LogP) is 3.29. The molecule has 29 heavy (non-hydrogen) atoms. The number of aryl methyl sites for hydroxylation is 1. The van der Waals surface area contributed by atoms with Gasteiger partial charge in [0.25, 0.3) is 0 Å². The molecule has 0 spiro atoms. The fourth-order valence-electron chi connectivity index (χ4n) is 2.54. The minimum Gasteiger partial charge on any atom is -0.390 e. The molecule has 2 rings (SSSR count). The molecule has 0 aliphatic rings. The van der Waals surface area contributed by atoms with E-state index in [4.69, 9.17) is 0 Å². The molecular weight excluding hydrogens is 541 g/mol. The molecular formula is C19H28IN3O3S3. The summed E-state index contributed by atoms with van der Waals surface area (Å²) in [4.78, 5) is 5.75. The average molecular weight is 570 g/mol. The van der Waals surface area contributed by atoms with Crippen molar-refractivity contribution < 1.29 is 13.5 Å². The van der Waals surface area contributed by atoms with Crippen LogP contribution < -0.4 is 10.6 Å². The van der Waals surface area contributed by atoms with Crippen LogP contribution in [0.3, 0.4) is 0 Å². The maximum Gasteiger partial charge on any atom is 0.191 e. The Morgan fingerprint density at radius 1 is 1.31 bits per heavy atom. The summed E-state index contributed by atoms with van der Waals surface area (Å²) in [6.07, 6.45) is 1.01. The molecule has 1 unspecified atom stereocenters. The Bertz CT molecular complexity index is 887. The lowest BCUT2D eigenvalue weighted by Crippen LogP contribution is -2.42. The Morgan fingerprint density at radius 2 is 2.07 bits per heavy atom. The van der Waals surface area contributed by atoms with Crippen LogP contribution in [0, 0.1) is 6.92 Å². The highest BCUT2D eigenvalue weighted by atomic mass is 127. The third-order valence-corrected chi connectivity index (χ3v) is 8.02. The van der Waals surface area contributed by atoms with Crippen molar-refractivity contribution >= 4 is 62.9 Å². The molecule has 10 heteroatoms.